The van der Waals surface area contributed by atoms with E-state index in [-0.39, 0.29) is 18.5 Å². The highest BCUT2D eigenvalue weighted by Crippen LogP contribution is 2.19. The SMILES string of the molecule is Cc1ccc(/C=C/C(=O)N2CCCCC2CNS(C)(=O)=O)cc1Cl. The average Bonchev–Trinajstić information content (AvgIpc) is 2.53. The lowest BCUT2D eigenvalue weighted by atomic mass is 10.0. The first kappa shape index (κ1) is 19.0. The van der Waals surface area contributed by atoms with E-state index in [0.29, 0.717) is 11.6 Å². The summed E-state index contributed by atoms with van der Waals surface area (Å²) in [6.45, 7) is 2.83. The highest BCUT2D eigenvalue weighted by molar-refractivity contribution is 7.88. The fourth-order valence-corrected chi connectivity index (χ4v) is 3.41. The minimum Gasteiger partial charge on any atom is -0.335 e. The van der Waals surface area contributed by atoms with Crippen LogP contribution in [0.5, 0.6) is 0 Å². The Bertz CT molecular complexity index is 731. The number of nitrogens with zero attached hydrogens (tertiary/aromatic N) is 1. The molecular weight excluding hydrogens is 348 g/mol. The van der Waals surface area contributed by atoms with Crippen LogP contribution < -0.4 is 4.72 Å². The Morgan fingerprint density at radius 1 is 1.42 bits per heavy atom. The van der Waals surface area contributed by atoms with Crippen molar-refractivity contribution in [2.75, 3.05) is 19.3 Å². The Balaban J connectivity index is 2.04. The molecule has 1 amide bonds. The summed E-state index contributed by atoms with van der Waals surface area (Å²) in [5, 5.41) is 0.665. The molecule has 2 rings (SSSR count). The Labute approximate surface area is 148 Å². The first-order valence-electron chi connectivity index (χ1n) is 7.96. The Morgan fingerprint density at radius 3 is 2.83 bits per heavy atom. The van der Waals surface area contributed by atoms with Gasteiger partial charge in [0.05, 0.1) is 6.26 Å². The molecule has 1 N–H and O–H groups in total. The topological polar surface area (TPSA) is 66.5 Å². The number of hydrogen-bond acceptors (Lipinski definition) is 3. The summed E-state index contributed by atoms with van der Waals surface area (Å²) in [7, 11) is -3.26. The predicted molar refractivity (Wildman–Crippen MR) is 97.4 cm³/mol. The summed E-state index contributed by atoms with van der Waals surface area (Å²) < 4.78 is 25.1. The lowest BCUT2D eigenvalue weighted by Gasteiger charge is -2.35. The van der Waals surface area contributed by atoms with Gasteiger partial charge in [0, 0.05) is 30.2 Å². The standard InChI is InChI=1S/C17H23ClN2O3S/c1-13-6-7-14(11-16(13)18)8-9-17(21)20-10-4-3-5-15(20)12-19-24(2,22)23/h6-9,11,15,19H,3-5,10,12H2,1-2H3/b9-8+. The van der Waals surface area contributed by atoms with Gasteiger partial charge >= 0.3 is 0 Å². The van der Waals surface area contributed by atoms with Crippen molar-refractivity contribution >= 4 is 33.6 Å². The van der Waals surface area contributed by atoms with Crippen molar-refractivity contribution in [3.8, 4) is 0 Å². The van der Waals surface area contributed by atoms with Crippen LogP contribution in [0.2, 0.25) is 5.02 Å². The molecule has 0 bridgehead atoms. The van der Waals surface area contributed by atoms with E-state index in [2.05, 4.69) is 4.72 Å². The van der Waals surface area contributed by atoms with Crippen LogP contribution in [-0.2, 0) is 14.8 Å². The third-order valence-electron chi connectivity index (χ3n) is 4.11. The van der Waals surface area contributed by atoms with Gasteiger partial charge < -0.3 is 4.90 Å². The number of likely N-dealkylation sites (tertiary alicyclic amines) is 1. The molecular formula is C17H23ClN2O3S. The first-order valence-corrected chi connectivity index (χ1v) is 10.2. The van der Waals surface area contributed by atoms with Gasteiger partial charge in [-0.05, 0) is 49.5 Å². The molecule has 1 aliphatic heterocycles. The number of halogens is 1. The van der Waals surface area contributed by atoms with E-state index in [1.165, 1.54) is 6.08 Å². The maximum Gasteiger partial charge on any atom is 0.246 e. The Morgan fingerprint density at radius 2 is 2.17 bits per heavy atom. The normalized spacial score (nSPS) is 19.0. The van der Waals surface area contributed by atoms with E-state index in [0.717, 1.165) is 36.6 Å². The molecule has 7 heteroatoms. The molecule has 1 aromatic carbocycles. The fourth-order valence-electron chi connectivity index (χ4n) is 2.73. The van der Waals surface area contributed by atoms with E-state index in [4.69, 9.17) is 11.6 Å². The van der Waals surface area contributed by atoms with Gasteiger partial charge in [0.25, 0.3) is 0 Å². The lowest BCUT2D eigenvalue weighted by Crippen LogP contribution is -2.48. The van der Waals surface area contributed by atoms with Crippen LogP contribution in [0.15, 0.2) is 24.3 Å². The van der Waals surface area contributed by atoms with Crippen molar-refractivity contribution < 1.29 is 13.2 Å². The third kappa shape index (κ3) is 5.61. The van der Waals surface area contributed by atoms with Gasteiger partial charge in [-0.15, -0.1) is 0 Å². The number of nitrogens with one attached hydrogen (secondary N) is 1. The Hall–Kier alpha value is -1.37. The molecule has 0 aliphatic carbocycles. The summed E-state index contributed by atoms with van der Waals surface area (Å²) >= 11 is 6.09. The molecule has 132 valence electrons. The number of aryl methyl sites for hydroxylation is 1. The summed E-state index contributed by atoms with van der Waals surface area (Å²) in [5.41, 5.74) is 1.85. The highest BCUT2D eigenvalue weighted by atomic mass is 35.5. The zero-order chi connectivity index (χ0) is 17.7. The highest BCUT2D eigenvalue weighted by Gasteiger charge is 2.25. The summed E-state index contributed by atoms with van der Waals surface area (Å²) in [6, 6.07) is 5.53. The molecule has 1 saturated heterocycles. The molecule has 1 aromatic rings. The number of carbonyl (C=O) groups excluding carboxylic acids is 1. The van der Waals surface area contributed by atoms with Crippen LogP contribution in [0.25, 0.3) is 6.08 Å². The van der Waals surface area contributed by atoms with Crippen molar-refractivity contribution in [3.63, 3.8) is 0 Å². The number of benzene rings is 1. The molecule has 1 aliphatic rings. The number of amides is 1. The van der Waals surface area contributed by atoms with Gasteiger partial charge in [-0.1, -0.05) is 23.7 Å². The van der Waals surface area contributed by atoms with Crippen molar-refractivity contribution in [1.82, 2.24) is 9.62 Å². The smallest absolute Gasteiger partial charge is 0.246 e. The maximum absolute atomic E-state index is 12.5. The van der Waals surface area contributed by atoms with Crippen molar-refractivity contribution in [3.05, 3.63) is 40.4 Å². The fraction of sp³-hybridized carbons (Fsp3) is 0.471. The zero-order valence-electron chi connectivity index (χ0n) is 14.0. The first-order chi connectivity index (χ1) is 11.3. The van der Waals surface area contributed by atoms with Crippen LogP contribution in [0.1, 0.15) is 30.4 Å². The van der Waals surface area contributed by atoms with E-state index in [1.807, 2.05) is 25.1 Å². The lowest BCUT2D eigenvalue weighted by molar-refractivity contribution is -0.129. The van der Waals surface area contributed by atoms with Crippen LogP contribution in [-0.4, -0.2) is 44.6 Å². The van der Waals surface area contributed by atoms with Gasteiger partial charge in [0.1, 0.15) is 0 Å². The van der Waals surface area contributed by atoms with Gasteiger partial charge in [0.2, 0.25) is 15.9 Å². The molecule has 1 fully saturated rings. The largest absolute Gasteiger partial charge is 0.335 e. The van der Waals surface area contributed by atoms with Gasteiger partial charge in [0.15, 0.2) is 0 Å². The van der Waals surface area contributed by atoms with Crippen LogP contribution in [0, 0.1) is 6.92 Å². The van der Waals surface area contributed by atoms with E-state index in [1.54, 1.807) is 11.0 Å². The second kappa shape index (κ2) is 8.14. The average molecular weight is 371 g/mol. The van der Waals surface area contributed by atoms with Crippen molar-refractivity contribution in [2.24, 2.45) is 0 Å². The summed E-state index contributed by atoms with van der Waals surface area (Å²) in [6.07, 6.45) is 7.13. The van der Waals surface area contributed by atoms with Crippen LogP contribution in [0.4, 0.5) is 0 Å². The number of sulfonamides is 1. The molecule has 0 spiro atoms. The molecule has 24 heavy (non-hydrogen) atoms. The van der Waals surface area contributed by atoms with Crippen LogP contribution >= 0.6 is 11.6 Å². The number of piperidine rings is 1. The number of carbonyl (C=O) groups is 1. The zero-order valence-corrected chi connectivity index (χ0v) is 15.5. The Kier molecular flexibility index (Phi) is 6.43. The molecule has 5 nitrogen and oxygen atoms in total. The van der Waals surface area contributed by atoms with Gasteiger partial charge in [-0.25, -0.2) is 13.1 Å². The van der Waals surface area contributed by atoms with Crippen molar-refractivity contribution in [1.29, 1.82) is 0 Å². The second-order valence-corrected chi connectivity index (χ2v) is 8.38. The minimum absolute atomic E-state index is 0.104. The maximum atomic E-state index is 12.5. The van der Waals surface area contributed by atoms with E-state index in [9.17, 15) is 13.2 Å². The third-order valence-corrected chi connectivity index (χ3v) is 5.20. The monoisotopic (exact) mass is 370 g/mol. The number of rotatable bonds is 5. The van der Waals surface area contributed by atoms with Crippen molar-refractivity contribution in [2.45, 2.75) is 32.2 Å². The molecule has 0 aromatic heterocycles. The quantitative estimate of drug-likeness (QED) is 0.810. The van der Waals surface area contributed by atoms with E-state index >= 15 is 0 Å². The minimum atomic E-state index is -3.26. The summed E-state index contributed by atoms with van der Waals surface area (Å²) in [4.78, 5) is 14.2. The molecule has 1 unspecified atom stereocenters. The molecule has 1 atom stereocenters. The molecule has 1 heterocycles. The second-order valence-electron chi connectivity index (χ2n) is 6.14. The number of hydrogen-bond donors (Lipinski definition) is 1. The van der Waals surface area contributed by atoms with Gasteiger partial charge in [-0.2, -0.15) is 0 Å². The van der Waals surface area contributed by atoms with Crippen LogP contribution in [0.3, 0.4) is 0 Å². The van der Waals surface area contributed by atoms with Gasteiger partial charge in [-0.3, -0.25) is 4.79 Å². The summed E-state index contributed by atoms with van der Waals surface area (Å²) in [5.74, 6) is -0.105. The predicted octanol–water partition coefficient (Wildman–Crippen LogP) is 2.59. The molecule has 0 radical (unpaired) electrons. The van der Waals surface area contributed by atoms with E-state index < -0.39 is 10.0 Å². The molecule has 0 saturated carbocycles.